The molecule has 0 radical (unpaired) electrons. The van der Waals surface area contributed by atoms with E-state index in [0.29, 0.717) is 6.20 Å². The van der Waals surface area contributed by atoms with Crippen molar-refractivity contribution in [2.75, 3.05) is 7.11 Å². The van der Waals surface area contributed by atoms with Gasteiger partial charge in [0.2, 0.25) is 6.20 Å². The lowest BCUT2D eigenvalue weighted by atomic mass is 10.1. The van der Waals surface area contributed by atoms with E-state index in [1.165, 1.54) is 7.11 Å². The SMILES string of the molecule is COc1cc(C(O)C(F)(F)F)c[n+]([O-])c1. The van der Waals surface area contributed by atoms with E-state index >= 15 is 0 Å². The van der Waals surface area contributed by atoms with Crippen LogP contribution in [0.1, 0.15) is 11.7 Å². The molecule has 0 aliphatic rings. The van der Waals surface area contributed by atoms with Gasteiger partial charge in [-0.05, 0) is 6.07 Å². The van der Waals surface area contributed by atoms with Crippen molar-refractivity contribution < 1.29 is 27.7 Å². The van der Waals surface area contributed by atoms with Crippen LogP contribution >= 0.6 is 0 Å². The van der Waals surface area contributed by atoms with Gasteiger partial charge in [-0.2, -0.15) is 17.9 Å². The maximum atomic E-state index is 12.1. The Balaban J connectivity index is 3.09. The number of aromatic nitrogens is 1. The van der Waals surface area contributed by atoms with E-state index in [2.05, 4.69) is 4.74 Å². The van der Waals surface area contributed by atoms with Crippen molar-refractivity contribution in [2.24, 2.45) is 0 Å². The van der Waals surface area contributed by atoms with Crippen LogP contribution in [0.5, 0.6) is 5.75 Å². The highest BCUT2D eigenvalue weighted by molar-refractivity contribution is 5.23. The summed E-state index contributed by atoms with van der Waals surface area (Å²) in [6.45, 7) is 0. The molecule has 1 N–H and O–H groups in total. The van der Waals surface area contributed by atoms with Crippen molar-refractivity contribution in [3.8, 4) is 5.75 Å². The van der Waals surface area contributed by atoms with Crippen molar-refractivity contribution in [2.45, 2.75) is 12.3 Å². The Morgan fingerprint density at radius 3 is 2.53 bits per heavy atom. The fourth-order valence-electron chi connectivity index (χ4n) is 0.999. The van der Waals surface area contributed by atoms with Crippen LogP contribution in [0.15, 0.2) is 18.5 Å². The molecule has 1 atom stereocenters. The quantitative estimate of drug-likeness (QED) is 0.599. The Morgan fingerprint density at radius 1 is 1.47 bits per heavy atom. The number of aliphatic hydroxyl groups is 1. The molecule has 1 aromatic rings. The van der Waals surface area contributed by atoms with Crippen LogP contribution in [0.4, 0.5) is 13.2 Å². The molecule has 15 heavy (non-hydrogen) atoms. The zero-order valence-corrected chi connectivity index (χ0v) is 7.65. The molecule has 0 aromatic carbocycles. The van der Waals surface area contributed by atoms with Gasteiger partial charge < -0.3 is 15.1 Å². The maximum absolute atomic E-state index is 12.1. The largest absolute Gasteiger partial charge is 0.619 e. The number of hydrogen-bond acceptors (Lipinski definition) is 3. The highest BCUT2D eigenvalue weighted by Gasteiger charge is 2.40. The van der Waals surface area contributed by atoms with Gasteiger partial charge in [0.15, 0.2) is 18.1 Å². The molecule has 0 spiro atoms. The number of nitrogens with zero attached hydrogens (tertiary/aromatic N) is 1. The molecule has 1 heterocycles. The van der Waals surface area contributed by atoms with Gasteiger partial charge in [0, 0.05) is 0 Å². The smallest absolute Gasteiger partial charge is 0.418 e. The molecule has 0 aliphatic heterocycles. The molecule has 0 saturated heterocycles. The number of aliphatic hydroxyl groups excluding tert-OH is 1. The third kappa shape index (κ3) is 2.72. The lowest BCUT2D eigenvalue weighted by molar-refractivity contribution is -0.606. The summed E-state index contributed by atoms with van der Waals surface area (Å²) in [5.41, 5.74) is -0.558. The van der Waals surface area contributed by atoms with Crippen LogP contribution in [0.3, 0.4) is 0 Å². The zero-order valence-electron chi connectivity index (χ0n) is 7.65. The third-order valence-electron chi connectivity index (χ3n) is 1.70. The van der Waals surface area contributed by atoms with Crippen molar-refractivity contribution in [1.29, 1.82) is 0 Å². The number of hydrogen-bond donors (Lipinski definition) is 1. The average molecular weight is 223 g/mol. The Bertz CT molecular complexity index is 353. The Morgan fingerprint density at radius 2 is 2.07 bits per heavy atom. The number of rotatable bonds is 2. The molecular weight excluding hydrogens is 215 g/mol. The average Bonchev–Trinajstić information content (AvgIpc) is 2.14. The third-order valence-corrected chi connectivity index (χ3v) is 1.70. The van der Waals surface area contributed by atoms with Crippen molar-refractivity contribution in [3.05, 3.63) is 29.2 Å². The normalized spacial score (nSPS) is 13.7. The summed E-state index contributed by atoms with van der Waals surface area (Å²) in [7, 11) is 1.21. The Labute approximate surface area is 83.1 Å². The van der Waals surface area contributed by atoms with Crippen LogP contribution in [0, 0.1) is 5.21 Å². The Kier molecular flexibility index (Phi) is 3.04. The second-order valence-corrected chi connectivity index (χ2v) is 2.81. The maximum Gasteiger partial charge on any atom is 0.418 e. The first kappa shape index (κ1) is 11.6. The second-order valence-electron chi connectivity index (χ2n) is 2.81. The monoisotopic (exact) mass is 223 g/mol. The zero-order chi connectivity index (χ0) is 11.6. The number of methoxy groups -OCH3 is 1. The molecule has 0 aliphatic carbocycles. The molecule has 0 bridgehead atoms. The van der Waals surface area contributed by atoms with E-state index in [1.807, 2.05) is 0 Å². The van der Waals surface area contributed by atoms with Gasteiger partial charge in [0.05, 0.1) is 12.7 Å². The highest BCUT2D eigenvalue weighted by atomic mass is 19.4. The first-order chi connectivity index (χ1) is 6.84. The molecule has 1 aromatic heterocycles. The summed E-state index contributed by atoms with van der Waals surface area (Å²) in [6, 6.07) is 0.951. The van der Waals surface area contributed by atoms with Gasteiger partial charge in [-0.15, -0.1) is 0 Å². The molecule has 0 fully saturated rings. The Hall–Kier alpha value is -1.50. The lowest BCUT2D eigenvalue weighted by Gasteiger charge is -2.14. The topological polar surface area (TPSA) is 56.4 Å². The summed E-state index contributed by atoms with van der Waals surface area (Å²) in [5.74, 6) is -0.0502. The number of pyridine rings is 1. The number of halogens is 3. The highest BCUT2D eigenvalue weighted by Crippen LogP contribution is 2.32. The van der Waals surface area contributed by atoms with Gasteiger partial charge >= 0.3 is 6.18 Å². The van der Waals surface area contributed by atoms with E-state index in [4.69, 9.17) is 5.11 Å². The minimum absolute atomic E-state index is 0.0502. The van der Waals surface area contributed by atoms with Crippen molar-refractivity contribution >= 4 is 0 Å². The predicted molar refractivity (Wildman–Crippen MR) is 43.0 cm³/mol. The molecule has 4 nitrogen and oxygen atoms in total. The van der Waals surface area contributed by atoms with Crippen molar-refractivity contribution in [3.63, 3.8) is 0 Å². The standard InChI is InChI=1S/C8H8F3NO3/c1-15-6-2-5(3-12(14)4-6)7(13)8(9,10)11/h2-4,7,13H,1H3. The summed E-state index contributed by atoms with van der Waals surface area (Å²) in [6.07, 6.45) is -5.90. The first-order valence-corrected chi connectivity index (χ1v) is 3.87. The minimum Gasteiger partial charge on any atom is -0.619 e. The number of ether oxygens (including phenoxy) is 1. The fourth-order valence-corrected chi connectivity index (χ4v) is 0.999. The van der Waals surface area contributed by atoms with Crippen LogP contribution in [0.25, 0.3) is 0 Å². The first-order valence-electron chi connectivity index (χ1n) is 3.87. The molecule has 0 amide bonds. The number of alkyl halides is 3. The van der Waals surface area contributed by atoms with E-state index < -0.39 is 17.8 Å². The van der Waals surface area contributed by atoms with E-state index in [-0.39, 0.29) is 10.5 Å². The van der Waals surface area contributed by atoms with Gasteiger partial charge in [-0.25, -0.2) is 0 Å². The van der Waals surface area contributed by atoms with E-state index in [1.54, 1.807) is 0 Å². The van der Waals surface area contributed by atoms with Crippen LogP contribution in [0.2, 0.25) is 0 Å². The van der Waals surface area contributed by atoms with Gasteiger partial charge in [-0.1, -0.05) is 0 Å². The molecule has 1 rings (SSSR count). The van der Waals surface area contributed by atoms with Gasteiger partial charge in [0.1, 0.15) is 0 Å². The summed E-state index contributed by atoms with van der Waals surface area (Å²) in [4.78, 5) is 0. The second kappa shape index (κ2) is 3.93. The van der Waals surface area contributed by atoms with Gasteiger partial charge in [0.25, 0.3) is 0 Å². The van der Waals surface area contributed by atoms with Gasteiger partial charge in [-0.3, -0.25) is 0 Å². The van der Waals surface area contributed by atoms with E-state index in [9.17, 15) is 18.4 Å². The predicted octanol–water partition coefficient (Wildman–Crippen LogP) is 0.924. The van der Waals surface area contributed by atoms with Crippen molar-refractivity contribution in [1.82, 2.24) is 0 Å². The molecule has 7 heteroatoms. The summed E-state index contributed by atoms with van der Waals surface area (Å²) < 4.78 is 41.0. The molecule has 84 valence electrons. The minimum atomic E-state index is -4.81. The van der Waals surface area contributed by atoms with Crippen LogP contribution in [-0.4, -0.2) is 18.4 Å². The molecule has 0 saturated carbocycles. The summed E-state index contributed by atoms with van der Waals surface area (Å²) in [5, 5.41) is 19.7. The molecule has 1 unspecified atom stereocenters. The van der Waals surface area contributed by atoms with Crippen LogP contribution in [-0.2, 0) is 0 Å². The van der Waals surface area contributed by atoms with E-state index in [0.717, 1.165) is 12.3 Å². The summed E-state index contributed by atoms with van der Waals surface area (Å²) >= 11 is 0. The fraction of sp³-hybridized carbons (Fsp3) is 0.375. The molecular formula is C8H8F3NO3. The van der Waals surface area contributed by atoms with Crippen LogP contribution < -0.4 is 9.47 Å². The lowest BCUT2D eigenvalue weighted by Crippen LogP contribution is -2.29.